The molecule has 2 aromatic carbocycles. The lowest BCUT2D eigenvalue weighted by molar-refractivity contribution is 0.515. The fourth-order valence-corrected chi connectivity index (χ4v) is 3.33. The van der Waals surface area contributed by atoms with E-state index < -0.39 is 11.6 Å². The van der Waals surface area contributed by atoms with Gasteiger partial charge in [0.1, 0.15) is 11.3 Å². The lowest BCUT2D eigenvalue weighted by Gasteiger charge is -2.25. The van der Waals surface area contributed by atoms with Crippen LogP contribution < -0.4 is 4.90 Å². The second-order valence-corrected chi connectivity index (χ2v) is 6.92. The van der Waals surface area contributed by atoms with Crippen LogP contribution in [0.4, 0.5) is 20.3 Å². The highest BCUT2D eigenvalue weighted by atomic mass is 35.5. The van der Waals surface area contributed by atoms with Gasteiger partial charge in [-0.05, 0) is 66.6 Å². The number of rotatable bonds is 4. The molecule has 140 valence electrons. The number of benzene rings is 2. The average Bonchev–Trinajstić information content (AvgIpc) is 2.69. The first-order valence-electron chi connectivity index (χ1n) is 8.70. The summed E-state index contributed by atoms with van der Waals surface area (Å²) in [5, 5.41) is 1.16. The minimum Gasteiger partial charge on any atom is -0.322 e. The largest absolute Gasteiger partial charge is 0.322 e. The molecule has 2 heterocycles. The molecule has 0 bridgehead atoms. The normalized spacial score (nSPS) is 11.0. The van der Waals surface area contributed by atoms with Crippen molar-refractivity contribution in [3.8, 4) is 0 Å². The first-order valence-corrected chi connectivity index (χ1v) is 9.08. The lowest BCUT2D eigenvalue weighted by atomic mass is 10.1. The van der Waals surface area contributed by atoms with E-state index in [1.54, 1.807) is 24.4 Å². The zero-order valence-electron chi connectivity index (χ0n) is 15.0. The zero-order valence-corrected chi connectivity index (χ0v) is 15.8. The van der Waals surface area contributed by atoms with E-state index in [0.717, 1.165) is 28.7 Å². The van der Waals surface area contributed by atoms with Crippen LogP contribution in [-0.4, -0.2) is 9.97 Å². The number of hydrogen-bond donors (Lipinski definition) is 0. The molecule has 0 spiro atoms. The smallest absolute Gasteiger partial charge is 0.184 e. The van der Waals surface area contributed by atoms with E-state index in [9.17, 15) is 8.78 Å². The maximum Gasteiger partial charge on any atom is 0.184 e. The van der Waals surface area contributed by atoms with Gasteiger partial charge >= 0.3 is 0 Å². The molecule has 0 unspecified atom stereocenters. The van der Waals surface area contributed by atoms with Crippen molar-refractivity contribution in [1.82, 2.24) is 9.97 Å². The molecular formula is C22H16ClF2N3. The summed E-state index contributed by atoms with van der Waals surface area (Å²) in [6, 6.07) is 15.8. The molecule has 0 aliphatic heterocycles. The van der Waals surface area contributed by atoms with E-state index in [4.69, 9.17) is 11.6 Å². The highest BCUT2D eigenvalue weighted by Gasteiger charge is 2.16. The lowest BCUT2D eigenvalue weighted by Crippen LogP contribution is -2.18. The minimum atomic E-state index is -0.942. The predicted molar refractivity (Wildman–Crippen MR) is 108 cm³/mol. The summed E-state index contributed by atoms with van der Waals surface area (Å²) in [5.41, 5.74) is 2.72. The molecule has 0 N–H and O–H groups in total. The Labute approximate surface area is 166 Å². The molecule has 0 aliphatic carbocycles. The van der Waals surface area contributed by atoms with E-state index in [1.807, 2.05) is 42.2 Å². The number of nitrogens with zero attached hydrogens (tertiary/aromatic N) is 3. The molecule has 28 heavy (non-hydrogen) atoms. The molecule has 0 radical (unpaired) electrons. The maximum atomic E-state index is 14.2. The SMILES string of the molecule is Cc1ccnc(N(Cc2ccnc3c(F)c(F)ccc23)c2cccc(Cl)c2)c1. The highest BCUT2D eigenvalue weighted by molar-refractivity contribution is 6.30. The summed E-state index contributed by atoms with van der Waals surface area (Å²) in [6.07, 6.45) is 3.22. The topological polar surface area (TPSA) is 29.0 Å². The molecule has 2 aromatic heterocycles. The molecular weight excluding hydrogens is 380 g/mol. The molecule has 0 atom stereocenters. The number of anilines is 2. The molecule has 0 saturated heterocycles. The average molecular weight is 396 g/mol. The Balaban J connectivity index is 1.85. The molecule has 4 aromatic rings. The number of pyridine rings is 2. The Kier molecular flexibility index (Phi) is 4.92. The van der Waals surface area contributed by atoms with E-state index in [0.29, 0.717) is 17.0 Å². The van der Waals surface area contributed by atoms with Crippen LogP contribution in [0.25, 0.3) is 10.9 Å². The Morgan fingerprint density at radius 3 is 2.57 bits per heavy atom. The fraction of sp³-hybridized carbons (Fsp3) is 0.0909. The van der Waals surface area contributed by atoms with E-state index in [-0.39, 0.29) is 5.52 Å². The van der Waals surface area contributed by atoms with Gasteiger partial charge in [0.15, 0.2) is 11.6 Å². The Bertz CT molecular complexity index is 1120. The van der Waals surface area contributed by atoms with E-state index in [2.05, 4.69) is 9.97 Å². The standard InChI is InChI=1S/C22H16ClF2N3/c1-14-7-9-26-20(11-14)28(17-4-2-3-16(23)12-17)13-15-8-10-27-22-18(15)5-6-19(24)21(22)25/h2-12H,13H2,1H3. The first kappa shape index (κ1) is 18.3. The van der Waals surface area contributed by atoms with Gasteiger partial charge in [0.2, 0.25) is 0 Å². The molecule has 3 nitrogen and oxygen atoms in total. The van der Waals surface area contributed by atoms with Crippen LogP contribution in [0.3, 0.4) is 0 Å². The Morgan fingerprint density at radius 1 is 0.964 bits per heavy atom. The van der Waals surface area contributed by atoms with Crippen molar-refractivity contribution in [3.05, 3.63) is 94.8 Å². The predicted octanol–water partition coefficient (Wildman–Crippen LogP) is 6.21. The van der Waals surface area contributed by atoms with Gasteiger partial charge in [-0.1, -0.05) is 17.7 Å². The third kappa shape index (κ3) is 3.53. The van der Waals surface area contributed by atoms with Crippen molar-refractivity contribution in [2.75, 3.05) is 4.90 Å². The van der Waals surface area contributed by atoms with Crippen LogP contribution >= 0.6 is 11.6 Å². The summed E-state index contributed by atoms with van der Waals surface area (Å²) >= 11 is 6.20. The summed E-state index contributed by atoms with van der Waals surface area (Å²) in [4.78, 5) is 10.5. The van der Waals surface area contributed by atoms with Crippen LogP contribution in [0, 0.1) is 18.6 Å². The molecule has 0 amide bonds. The van der Waals surface area contributed by atoms with Gasteiger partial charge in [-0.2, -0.15) is 0 Å². The van der Waals surface area contributed by atoms with Crippen LogP contribution in [0.5, 0.6) is 0 Å². The molecule has 0 saturated carbocycles. The quantitative estimate of drug-likeness (QED) is 0.411. The first-order chi connectivity index (χ1) is 13.5. The van der Waals surface area contributed by atoms with Crippen LogP contribution in [0.15, 0.2) is 67.0 Å². The van der Waals surface area contributed by atoms with Gasteiger partial charge in [0, 0.05) is 28.5 Å². The molecule has 0 aliphatic rings. The summed E-state index contributed by atoms with van der Waals surface area (Å²) in [7, 11) is 0. The Hall–Kier alpha value is -3.05. The number of aromatic nitrogens is 2. The molecule has 0 fully saturated rings. The molecule has 4 rings (SSSR count). The van der Waals surface area contributed by atoms with Gasteiger partial charge in [-0.3, -0.25) is 4.98 Å². The summed E-state index contributed by atoms with van der Waals surface area (Å²) in [6.45, 7) is 2.38. The summed E-state index contributed by atoms with van der Waals surface area (Å²) in [5.74, 6) is -1.12. The van der Waals surface area contributed by atoms with Gasteiger partial charge in [0.05, 0.1) is 6.54 Å². The second-order valence-electron chi connectivity index (χ2n) is 6.49. The third-order valence-electron chi connectivity index (χ3n) is 4.52. The highest BCUT2D eigenvalue weighted by Crippen LogP contribution is 2.31. The zero-order chi connectivity index (χ0) is 19.7. The Morgan fingerprint density at radius 2 is 1.79 bits per heavy atom. The third-order valence-corrected chi connectivity index (χ3v) is 4.76. The van der Waals surface area contributed by atoms with Gasteiger partial charge in [-0.25, -0.2) is 13.8 Å². The number of aryl methyl sites for hydroxylation is 1. The summed E-state index contributed by atoms with van der Waals surface area (Å²) < 4.78 is 27.8. The number of fused-ring (bicyclic) bond motifs is 1. The van der Waals surface area contributed by atoms with Crippen molar-refractivity contribution in [2.45, 2.75) is 13.5 Å². The van der Waals surface area contributed by atoms with Crippen LogP contribution in [0.1, 0.15) is 11.1 Å². The monoisotopic (exact) mass is 395 g/mol. The number of halogens is 3. The van der Waals surface area contributed by atoms with Crippen molar-refractivity contribution >= 4 is 34.0 Å². The van der Waals surface area contributed by atoms with Crippen molar-refractivity contribution in [2.24, 2.45) is 0 Å². The number of hydrogen-bond acceptors (Lipinski definition) is 3. The fourth-order valence-electron chi connectivity index (χ4n) is 3.14. The van der Waals surface area contributed by atoms with E-state index >= 15 is 0 Å². The van der Waals surface area contributed by atoms with Crippen LogP contribution in [0.2, 0.25) is 5.02 Å². The van der Waals surface area contributed by atoms with Gasteiger partial charge < -0.3 is 4.90 Å². The van der Waals surface area contributed by atoms with Crippen molar-refractivity contribution < 1.29 is 8.78 Å². The van der Waals surface area contributed by atoms with Gasteiger partial charge in [0.25, 0.3) is 0 Å². The maximum absolute atomic E-state index is 14.2. The molecule has 6 heteroatoms. The van der Waals surface area contributed by atoms with E-state index in [1.165, 1.54) is 6.20 Å². The van der Waals surface area contributed by atoms with Gasteiger partial charge in [-0.15, -0.1) is 0 Å². The van der Waals surface area contributed by atoms with Crippen molar-refractivity contribution in [1.29, 1.82) is 0 Å². The second kappa shape index (κ2) is 7.52. The minimum absolute atomic E-state index is 0.0146. The van der Waals surface area contributed by atoms with Crippen molar-refractivity contribution in [3.63, 3.8) is 0 Å². The van der Waals surface area contributed by atoms with Crippen LogP contribution in [-0.2, 0) is 6.54 Å².